The Kier molecular flexibility index (Phi) is 5.41. The van der Waals surface area contributed by atoms with E-state index in [1.165, 1.54) is 0 Å². The molecule has 1 atom stereocenters. The number of hydrogen-bond donors (Lipinski definition) is 1. The van der Waals surface area contributed by atoms with Gasteiger partial charge < -0.3 is 15.1 Å². The number of nitrogens with zero attached hydrogens (tertiary/aromatic N) is 5. The number of rotatable bonds is 3. The standard InChI is InChI=1S/C21H28N6O/c1-15-16(2)23-20(17-7-9-22-10-8-17)25-19(15)24-18-6-5-13-27(14-18)21(28)26-11-3-4-12-26/h7-10,18H,3-6,11-14H2,1-2H3,(H,23,24,25). The Balaban J connectivity index is 1.50. The molecule has 1 unspecified atom stereocenters. The maximum Gasteiger partial charge on any atom is 0.320 e. The fourth-order valence-electron chi connectivity index (χ4n) is 3.97. The third kappa shape index (κ3) is 3.93. The van der Waals surface area contributed by atoms with Crippen LogP contribution < -0.4 is 5.32 Å². The molecule has 7 heteroatoms. The monoisotopic (exact) mass is 380 g/mol. The summed E-state index contributed by atoms with van der Waals surface area (Å²) in [4.78, 5) is 30.2. The predicted molar refractivity (Wildman–Crippen MR) is 109 cm³/mol. The molecule has 1 N–H and O–H groups in total. The zero-order valence-corrected chi connectivity index (χ0v) is 16.7. The molecule has 148 valence electrons. The molecule has 0 bridgehead atoms. The molecule has 2 aromatic heterocycles. The van der Waals surface area contributed by atoms with Crippen molar-refractivity contribution in [2.75, 3.05) is 31.5 Å². The topological polar surface area (TPSA) is 74.2 Å². The van der Waals surface area contributed by atoms with Crippen molar-refractivity contribution in [3.63, 3.8) is 0 Å². The van der Waals surface area contributed by atoms with Gasteiger partial charge in [0.25, 0.3) is 0 Å². The number of nitrogens with one attached hydrogen (secondary N) is 1. The largest absolute Gasteiger partial charge is 0.365 e. The van der Waals surface area contributed by atoms with Crippen LogP contribution in [0, 0.1) is 13.8 Å². The Morgan fingerprint density at radius 2 is 1.75 bits per heavy atom. The highest BCUT2D eigenvalue weighted by Crippen LogP contribution is 2.24. The van der Waals surface area contributed by atoms with E-state index in [0.717, 1.165) is 74.5 Å². The second-order valence-electron chi connectivity index (χ2n) is 7.75. The molecule has 0 spiro atoms. The minimum absolute atomic E-state index is 0.192. The first-order valence-corrected chi connectivity index (χ1v) is 10.2. The molecule has 0 saturated carbocycles. The SMILES string of the molecule is Cc1nc(-c2ccncc2)nc(NC2CCCN(C(=O)N3CCCC3)C2)c1C. The molecule has 0 aliphatic carbocycles. The lowest BCUT2D eigenvalue weighted by atomic mass is 10.1. The van der Waals surface area contributed by atoms with Gasteiger partial charge in [0.15, 0.2) is 5.82 Å². The number of pyridine rings is 1. The molecular formula is C21H28N6O. The molecule has 4 heterocycles. The molecule has 0 radical (unpaired) electrons. The van der Waals surface area contributed by atoms with Gasteiger partial charge in [-0.2, -0.15) is 0 Å². The zero-order valence-electron chi connectivity index (χ0n) is 16.7. The summed E-state index contributed by atoms with van der Waals surface area (Å²) < 4.78 is 0. The van der Waals surface area contributed by atoms with Gasteiger partial charge in [0.2, 0.25) is 0 Å². The van der Waals surface area contributed by atoms with E-state index in [-0.39, 0.29) is 12.1 Å². The summed E-state index contributed by atoms with van der Waals surface area (Å²) in [5, 5.41) is 3.60. The first-order chi connectivity index (χ1) is 13.6. The molecular weight excluding hydrogens is 352 g/mol. The fraction of sp³-hybridized carbons (Fsp3) is 0.524. The third-order valence-corrected chi connectivity index (χ3v) is 5.74. The predicted octanol–water partition coefficient (Wildman–Crippen LogP) is 3.25. The van der Waals surface area contributed by atoms with Crippen molar-refractivity contribution in [3.8, 4) is 11.4 Å². The number of hydrogen-bond acceptors (Lipinski definition) is 5. The molecule has 2 aromatic rings. The number of anilines is 1. The second-order valence-corrected chi connectivity index (χ2v) is 7.75. The van der Waals surface area contributed by atoms with E-state index in [2.05, 4.69) is 15.3 Å². The van der Waals surface area contributed by atoms with E-state index in [9.17, 15) is 4.79 Å². The molecule has 7 nitrogen and oxygen atoms in total. The van der Waals surface area contributed by atoms with Crippen LogP contribution in [0.2, 0.25) is 0 Å². The lowest BCUT2D eigenvalue weighted by Crippen LogP contribution is -2.50. The number of urea groups is 1. The summed E-state index contributed by atoms with van der Waals surface area (Å²) in [5.74, 6) is 1.56. The Morgan fingerprint density at radius 1 is 1.04 bits per heavy atom. The summed E-state index contributed by atoms with van der Waals surface area (Å²) in [6.45, 7) is 7.42. The smallest absolute Gasteiger partial charge is 0.320 e. The summed E-state index contributed by atoms with van der Waals surface area (Å²) in [7, 11) is 0. The number of carbonyl (C=O) groups is 1. The van der Waals surface area contributed by atoms with Gasteiger partial charge >= 0.3 is 6.03 Å². The lowest BCUT2D eigenvalue weighted by Gasteiger charge is -2.36. The molecule has 2 fully saturated rings. The minimum atomic E-state index is 0.192. The van der Waals surface area contributed by atoms with Crippen molar-refractivity contribution in [3.05, 3.63) is 35.8 Å². The van der Waals surface area contributed by atoms with E-state index in [4.69, 9.17) is 4.98 Å². The molecule has 2 amide bonds. The van der Waals surface area contributed by atoms with Crippen molar-refractivity contribution in [1.82, 2.24) is 24.8 Å². The summed E-state index contributed by atoms with van der Waals surface area (Å²) in [5.41, 5.74) is 2.97. The Hall–Kier alpha value is -2.70. The van der Waals surface area contributed by atoms with Crippen LogP contribution in [-0.4, -0.2) is 63.0 Å². The highest BCUT2D eigenvalue weighted by atomic mass is 16.2. The lowest BCUT2D eigenvalue weighted by molar-refractivity contribution is 0.149. The minimum Gasteiger partial charge on any atom is -0.365 e. The normalized spacial score (nSPS) is 19.7. The number of carbonyl (C=O) groups excluding carboxylic acids is 1. The van der Waals surface area contributed by atoms with E-state index >= 15 is 0 Å². The first kappa shape index (κ1) is 18.7. The number of piperidine rings is 1. The van der Waals surface area contributed by atoms with Gasteiger partial charge in [0, 0.05) is 61.4 Å². The Labute approximate surface area is 166 Å². The van der Waals surface area contributed by atoms with Crippen molar-refractivity contribution in [1.29, 1.82) is 0 Å². The maximum atomic E-state index is 12.8. The van der Waals surface area contributed by atoms with Crippen molar-refractivity contribution in [2.24, 2.45) is 0 Å². The number of aryl methyl sites for hydroxylation is 1. The number of aromatic nitrogens is 3. The van der Waals surface area contributed by atoms with Crippen LogP contribution in [0.1, 0.15) is 36.9 Å². The molecule has 2 aliphatic rings. The Bertz CT molecular complexity index is 834. The van der Waals surface area contributed by atoms with Gasteiger partial charge in [-0.3, -0.25) is 4.98 Å². The van der Waals surface area contributed by atoms with Gasteiger partial charge in [0.05, 0.1) is 0 Å². The summed E-state index contributed by atoms with van der Waals surface area (Å²) >= 11 is 0. The van der Waals surface area contributed by atoms with E-state index in [0.29, 0.717) is 5.82 Å². The van der Waals surface area contributed by atoms with Gasteiger partial charge in [-0.15, -0.1) is 0 Å². The highest BCUT2D eigenvalue weighted by Gasteiger charge is 2.29. The quantitative estimate of drug-likeness (QED) is 0.885. The van der Waals surface area contributed by atoms with Crippen LogP contribution in [0.3, 0.4) is 0 Å². The number of likely N-dealkylation sites (tertiary alicyclic amines) is 2. The van der Waals surface area contributed by atoms with Gasteiger partial charge in [-0.05, 0) is 51.7 Å². The molecule has 2 saturated heterocycles. The van der Waals surface area contributed by atoms with Crippen LogP contribution in [0.5, 0.6) is 0 Å². The summed E-state index contributed by atoms with van der Waals surface area (Å²) in [6, 6.07) is 4.24. The van der Waals surface area contributed by atoms with E-state index in [1.807, 2.05) is 35.8 Å². The van der Waals surface area contributed by atoms with Gasteiger partial charge in [0.1, 0.15) is 5.82 Å². The number of amides is 2. The van der Waals surface area contributed by atoms with Crippen LogP contribution in [-0.2, 0) is 0 Å². The molecule has 2 aliphatic heterocycles. The molecule has 28 heavy (non-hydrogen) atoms. The van der Waals surface area contributed by atoms with Gasteiger partial charge in [-0.1, -0.05) is 0 Å². The van der Waals surface area contributed by atoms with Crippen molar-refractivity contribution < 1.29 is 4.79 Å². The summed E-state index contributed by atoms with van der Waals surface area (Å²) in [6.07, 6.45) is 7.80. The average molecular weight is 380 g/mol. The van der Waals surface area contributed by atoms with Crippen molar-refractivity contribution in [2.45, 2.75) is 45.6 Å². The average Bonchev–Trinajstić information content (AvgIpc) is 3.26. The Morgan fingerprint density at radius 3 is 2.50 bits per heavy atom. The van der Waals surface area contributed by atoms with Gasteiger partial charge in [-0.25, -0.2) is 14.8 Å². The fourth-order valence-corrected chi connectivity index (χ4v) is 3.97. The van der Waals surface area contributed by atoms with Crippen molar-refractivity contribution >= 4 is 11.8 Å². The maximum absolute atomic E-state index is 12.8. The second kappa shape index (κ2) is 8.12. The highest BCUT2D eigenvalue weighted by molar-refractivity contribution is 5.75. The van der Waals surface area contributed by atoms with Crippen LogP contribution in [0.15, 0.2) is 24.5 Å². The van der Waals surface area contributed by atoms with Crippen LogP contribution in [0.4, 0.5) is 10.6 Å². The van der Waals surface area contributed by atoms with Crippen LogP contribution >= 0.6 is 0 Å². The van der Waals surface area contributed by atoms with E-state index < -0.39 is 0 Å². The zero-order chi connectivity index (χ0) is 19.5. The van der Waals surface area contributed by atoms with Crippen LogP contribution in [0.25, 0.3) is 11.4 Å². The first-order valence-electron chi connectivity index (χ1n) is 10.2. The molecule has 0 aromatic carbocycles. The van der Waals surface area contributed by atoms with E-state index in [1.54, 1.807) is 12.4 Å². The third-order valence-electron chi connectivity index (χ3n) is 5.74. The molecule has 4 rings (SSSR count).